The smallest absolute Gasteiger partial charge is 0.0753 e. The zero-order chi connectivity index (χ0) is 12.1. The maximum Gasteiger partial charge on any atom is 0.0753 e. The van der Waals surface area contributed by atoms with Crippen LogP contribution in [0.5, 0.6) is 0 Å². The Kier molecular flexibility index (Phi) is 3.77. The summed E-state index contributed by atoms with van der Waals surface area (Å²) in [7, 11) is 0. The summed E-state index contributed by atoms with van der Waals surface area (Å²) in [5.41, 5.74) is 1.97. The Morgan fingerprint density at radius 3 is 2.35 bits per heavy atom. The van der Waals surface area contributed by atoms with E-state index < -0.39 is 0 Å². The Morgan fingerprint density at radius 1 is 0.941 bits per heavy atom. The zero-order valence-electron chi connectivity index (χ0n) is 10.0. The molecule has 0 aromatic carbocycles. The lowest BCUT2D eigenvalue weighted by Gasteiger charge is -2.18. The Labute approximate surface area is 101 Å². The normalized spacial score (nSPS) is 14.2. The molecule has 0 spiro atoms. The molecule has 0 saturated carbocycles. The van der Waals surface area contributed by atoms with Crippen LogP contribution in [0.25, 0.3) is 0 Å². The fraction of sp³-hybridized carbons (Fsp3) is 0.308. The molecule has 2 aromatic rings. The standard InChI is InChI=1S/C13H16N4/c1-10(12-5-3-4-6-15-12)17-11(2)13-9-14-7-8-16-13/h3-11,17H,1-2H3/t10-,11?/m1/s1. The molecule has 0 saturated heterocycles. The van der Waals surface area contributed by atoms with E-state index in [9.17, 15) is 0 Å². The van der Waals surface area contributed by atoms with Crippen LogP contribution >= 0.6 is 0 Å². The molecule has 0 radical (unpaired) electrons. The maximum atomic E-state index is 4.33. The first kappa shape index (κ1) is 11.7. The van der Waals surface area contributed by atoms with Crippen molar-refractivity contribution in [3.05, 3.63) is 54.4 Å². The number of hydrogen-bond donors (Lipinski definition) is 1. The number of nitrogens with one attached hydrogen (secondary N) is 1. The summed E-state index contributed by atoms with van der Waals surface area (Å²) in [6.07, 6.45) is 6.97. The van der Waals surface area contributed by atoms with Crippen molar-refractivity contribution in [2.75, 3.05) is 0 Å². The van der Waals surface area contributed by atoms with Gasteiger partial charge in [-0.05, 0) is 26.0 Å². The predicted molar refractivity (Wildman–Crippen MR) is 66.2 cm³/mol. The third-order valence-electron chi connectivity index (χ3n) is 2.66. The zero-order valence-corrected chi connectivity index (χ0v) is 10.0. The van der Waals surface area contributed by atoms with Gasteiger partial charge in [0.05, 0.1) is 11.4 Å². The van der Waals surface area contributed by atoms with E-state index in [1.54, 1.807) is 24.8 Å². The number of rotatable bonds is 4. The van der Waals surface area contributed by atoms with Crippen molar-refractivity contribution in [1.29, 1.82) is 0 Å². The van der Waals surface area contributed by atoms with E-state index >= 15 is 0 Å². The molecule has 4 heteroatoms. The molecule has 17 heavy (non-hydrogen) atoms. The molecule has 4 nitrogen and oxygen atoms in total. The average molecular weight is 228 g/mol. The largest absolute Gasteiger partial charge is 0.301 e. The molecular formula is C13H16N4. The van der Waals surface area contributed by atoms with Crippen LogP contribution in [0.3, 0.4) is 0 Å². The van der Waals surface area contributed by atoms with Crippen LogP contribution in [0.15, 0.2) is 43.0 Å². The van der Waals surface area contributed by atoms with Crippen LogP contribution in [0.2, 0.25) is 0 Å². The van der Waals surface area contributed by atoms with Gasteiger partial charge in [0.1, 0.15) is 0 Å². The van der Waals surface area contributed by atoms with Gasteiger partial charge < -0.3 is 5.32 Å². The average Bonchev–Trinajstić information content (AvgIpc) is 2.40. The fourth-order valence-corrected chi connectivity index (χ4v) is 1.71. The second-order valence-electron chi connectivity index (χ2n) is 3.99. The summed E-state index contributed by atoms with van der Waals surface area (Å²) < 4.78 is 0. The quantitative estimate of drug-likeness (QED) is 0.872. The molecule has 1 N–H and O–H groups in total. The van der Waals surface area contributed by atoms with Gasteiger partial charge in [-0.1, -0.05) is 6.07 Å². The minimum absolute atomic E-state index is 0.153. The monoisotopic (exact) mass is 228 g/mol. The highest BCUT2D eigenvalue weighted by Gasteiger charge is 2.12. The number of hydrogen-bond acceptors (Lipinski definition) is 4. The lowest BCUT2D eigenvalue weighted by Crippen LogP contribution is -2.23. The summed E-state index contributed by atoms with van der Waals surface area (Å²) in [5.74, 6) is 0. The summed E-state index contributed by atoms with van der Waals surface area (Å²) in [6.45, 7) is 4.17. The van der Waals surface area contributed by atoms with Crippen molar-refractivity contribution in [3.8, 4) is 0 Å². The Morgan fingerprint density at radius 2 is 1.71 bits per heavy atom. The predicted octanol–water partition coefficient (Wildman–Crippen LogP) is 2.28. The maximum absolute atomic E-state index is 4.33. The molecule has 2 heterocycles. The van der Waals surface area contributed by atoms with Gasteiger partial charge in [-0.3, -0.25) is 15.0 Å². The van der Waals surface area contributed by atoms with Crippen LogP contribution in [0, 0.1) is 0 Å². The molecule has 88 valence electrons. The minimum atomic E-state index is 0.153. The van der Waals surface area contributed by atoms with Crippen molar-refractivity contribution in [2.24, 2.45) is 0 Å². The molecule has 0 bridgehead atoms. The number of aromatic nitrogens is 3. The highest BCUT2D eigenvalue weighted by Crippen LogP contribution is 2.15. The molecule has 0 aliphatic carbocycles. The molecule has 2 rings (SSSR count). The number of pyridine rings is 1. The highest BCUT2D eigenvalue weighted by atomic mass is 15.0. The Balaban J connectivity index is 2.02. The molecule has 0 aliphatic heterocycles. The van der Waals surface area contributed by atoms with Gasteiger partial charge >= 0.3 is 0 Å². The van der Waals surface area contributed by atoms with E-state index in [2.05, 4.69) is 34.1 Å². The summed E-state index contributed by atoms with van der Waals surface area (Å²) in [4.78, 5) is 12.7. The Hall–Kier alpha value is -1.81. The fourth-order valence-electron chi connectivity index (χ4n) is 1.71. The molecule has 1 unspecified atom stereocenters. The molecule has 2 atom stereocenters. The molecule has 0 amide bonds. The van der Waals surface area contributed by atoms with Gasteiger partial charge in [0.15, 0.2) is 0 Å². The van der Waals surface area contributed by atoms with Crippen molar-refractivity contribution in [2.45, 2.75) is 25.9 Å². The summed E-state index contributed by atoms with van der Waals surface area (Å²) in [5, 5.41) is 3.45. The van der Waals surface area contributed by atoms with Crippen molar-refractivity contribution >= 4 is 0 Å². The van der Waals surface area contributed by atoms with Gasteiger partial charge in [-0.2, -0.15) is 0 Å². The van der Waals surface area contributed by atoms with Crippen molar-refractivity contribution < 1.29 is 0 Å². The molecule has 0 fully saturated rings. The summed E-state index contributed by atoms with van der Waals surface area (Å²) in [6, 6.07) is 6.27. The van der Waals surface area contributed by atoms with E-state index in [4.69, 9.17) is 0 Å². The van der Waals surface area contributed by atoms with Crippen LogP contribution in [0.4, 0.5) is 0 Å². The first-order valence-electron chi connectivity index (χ1n) is 5.70. The summed E-state index contributed by atoms with van der Waals surface area (Å²) >= 11 is 0. The van der Waals surface area contributed by atoms with Crippen LogP contribution in [-0.2, 0) is 0 Å². The van der Waals surface area contributed by atoms with E-state index in [0.717, 1.165) is 11.4 Å². The van der Waals surface area contributed by atoms with Gasteiger partial charge in [0.2, 0.25) is 0 Å². The SMILES string of the molecule is CC(N[C@H](C)c1ccccn1)c1cnccn1. The Bertz CT molecular complexity index is 400. The van der Waals surface area contributed by atoms with Crippen LogP contribution in [-0.4, -0.2) is 15.0 Å². The topological polar surface area (TPSA) is 50.7 Å². The lowest BCUT2D eigenvalue weighted by molar-refractivity contribution is 0.477. The van der Waals surface area contributed by atoms with Gasteiger partial charge in [-0.25, -0.2) is 0 Å². The van der Waals surface area contributed by atoms with Crippen LogP contribution < -0.4 is 5.32 Å². The van der Waals surface area contributed by atoms with E-state index in [1.165, 1.54) is 0 Å². The van der Waals surface area contributed by atoms with Gasteiger partial charge in [0.25, 0.3) is 0 Å². The first-order valence-corrected chi connectivity index (χ1v) is 5.70. The number of nitrogens with zero attached hydrogens (tertiary/aromatic N) is 3. The lowest BCUT2D eigenvalue weighted by atomic mass is 10.1. The first-order chi connectivity index (χ1) is 8.27. The minimum Gasteiger partial charge on any atom is -0.301 e. The van der Waals surface area contributed by atoms with E-state index in [-0.39, 0.29) is 12.1 Å². The van der Waals surface area contributed by atoms with Crippen LogP contribution in [0.1, 0.15) is 37.3 Å². The molecule has 2 aromatic heterocycles. The third-order valence-corrected chi connectivity index (χ3v) is 2.66. The van der Waals surface area contributed by atoms with E-state index in [0.29, 0.717) is 0 Å². The van der Waals surface area contributed by atoms with Crippen molar-refractivity contribution in [1.82, 2.24) is 20.3 Å². The molecule has 0 aliphatic rings. The van der Waals surface area contributed by atoms with Gasteiger partial charge in [0, 0.05) is 36.9 Å². The van der Waals surface area contributed by atoms with Gasteiger partial charge in [-0.15, -0.1) is 0 Å². The highest BCUT2D eigenvalue weighted by molar-refractivity contribution is 5.09. The second-order valence-corrected chi connectivity index (χ2v) is 3.99. The molecular weight excluding hydrogens is 212 g/mol. The second kappa shape index (κ2) is 5.50. The van der Waals surface area contributed by atoms with E-state index in [1.807, 2.05) is 18.2 Å². The van der Waals surface area contributed by atoms with Crippen molar-refractivity contribution in [3.63, 3.8) is 0 Å². The third kappa shape index (κ3) is 3.07.